The Kier molecular flexibility index (Phi) is 3.22. The summed E-state index contributed by atoms with van der Waals surface area (Å²) in [5, 5.41) is 11.7. The smallest absolute Gasteiger partial charge is 0.339 e. The van der Waals surface area contributed by atoms with Gasteiger partial charge in [-0.2, -0.15) is 0 Å². The maximum Gasteiger partial charge on any atom is 0.339 e. The predicted octanol–water partition coefficient (Wildman–Crippen LogP) is 2.64. The fourth-order valence-electron chi connectivity index (χ4n) is 7.00. The summed E-state index contributed by atoms with van der Waals surface area (Å²) >= 11 is 0. The van der Waals surface area contributed by atoms with E-state index in [4.69, 9.17) is 9.15 Å². The van der Waals surface area contributed by atoms with Crippen molar-refractivity contribution < 1.29 is 23.8 Å². The summed E-state index contributed by atoms with van der Waals surface area (Å²) < 4.78 is 11.0. The van der Waals surface area contributed by atoms with Crippen LogP contribution in [-0.4, -0.2) is 53.6 Å². The van der Waals surface area contributed by atoms with E-state index in [0.29, 0.717) is 35.6 Å². The van der Waals surface area contributed by atoms with E-state index in [0.717, 1.165) is 36.3 Å². The first-order valence-electron chi connectivity index (χ1n) is 10.5. The van der Waals surface area contributed by atoms with Gasteiger partial charge in [0.25, 0.3) is 0 Å². The fourth-order valence-corrected chi connectivity index (χ4v) is 7.00. The third-order valence-corrected chi connectivity index (χ3v) is 8.54. The molecule has 29 heavy (non-hydrogen) atoms. The van der Waals surface area contributed by atoms with Gasteiger partial charge in [0.1, 0.15) is 11.4 Å². The number of carbonyl (C=O) groups excluding carboxylic acids is 2. The minimum Gasteiger partial charge on any atom is -0.469 e. The van der Waals surface area contributed by atoms with E-state index < -0.39 is 11.6 Å². The lowest BCUT2D eigenvalue weighted by Gasteiger charge is -2.46. The Bertz CT molecular complexity index is 1060. The van der Waals surface area contributed by atoms with E-state index in [-0.39, 0.29) is 23.2 Å². The van der Waals surface area contributed by atoms with Crippen LogP contribution in [0.2, 0.25) is 0 Å². The highest BCUT2D eigenvalue weighted by Gasteiger charge is 2.65. The molecule has 3 heterocycles. The molecule has 0 radical (unpaired) electrons. The zero-order valence-corrected chi connectivity index (χ0v) is 16.9. The number of ketones is 1. The van der Waals surface area contributed by atoms with Crippen molar-refractivity contribution in [3.63, 3.8) is 0 Å². The largest absolute Gasteiger partial charge is 0.469 e. The Labute approximate surface area is 169 Å². The second-order valence-corrected chi connectivity index (χ2v) is 9.60. The number of carbonyl (C=O) groups is 2. The van der Waals surface area contributed by atoms with E-state index >= 15 is 0 Å². The average Bonchev–Trinajstić information content (AvgIpc) is 3.13. The van der Waals surface area contributed by atoms with Crippen LogP contribution < -0.4 is 0 Å². The first kappa shape index (κ1) is 17.7. The second kappa shape index (κ2) is 5.29. The number of methoxy groups -OCH3 is 1. The number of hydrogen-bond acceptors (Lipinski definition) is 6. The van der Waals surface area contributed by atoms with Gasteiger partial charge in [-0.15, -0.1) is 0 Å². The first-order valence-corrected chi connectivity index (χ1v) is 10.5. The highest BCUT2D eigenvalue weighted by atomic mass is 16.5. The van der Waals surface area contributed by atoms with Crippen molar-refractivity contribution in [3.8, 4) is 11.1 Å². The number of nitrogens with zero attached hydrogens (tertiary/aromatic N) is 1. The number of piperidine rings is 1. The third kappa shape index (κ3) is 1.82. The first-order chi connectivity index (χ1) is 13.8. The summed E-state index contributed by atoms with van der Waals surface area (Å²) in [6.07, 6.45) is 3.76. The van der Waals surface area contributed by atoms with Crippen LogP contribution in [0.1, 0.15) is 58.7 Å². The lowest BCUT2D eigenvalue weighted by molar-refractivity contribution is -0.0581. The van der Waals surface area contributed by atoms with E-state index in [1.54, 1.807) is 12.3 Å². The molecule has 6 heteroatoms. The number of aliphatic hydroxyl groups is 1. The molecule has 2 saturated heterocycles. The molecule has 0 unspecified atom stereocenters. The fraction of sp³-hybridized carbons (Fsp3) is 0.565. The molecular formula is C23H25NO5. The topological polar surface area (TPSA) is 80.0 Å². The van der Waals surface area contributed by atoms with Crippen LogP contribution in [0.3, 0.4) is 0 Å². The monoisotopic (exact) mass is 395 g/mol. The molecular weight excluding hydrogens is 370 g/mol. The van der Waals surface area contributed by atoms with Crippen molar-refractivity contribution in [2.45, 2.75) is 50.2 Å². The van der Waals surface area contributed by atoms with Gasteiger partial charge in [0.15, 0.2) is 5.78 Å². The van der Waals surface area contributed by atoms with Crippen molar-refractivity contribution in [3.05, 3.63) is 34.8 Å². The number of rotatable bonds is 1. The van der Waals surface area contributed by atoms with Crippen LogP contribution in [-0.2, 0) is 16.6 Å². The molecule has 2 fully saturated rings. The summed E-state index contributed by atoms with van der Waals surface area (Å²) in [5.74, 6) is 0.128. The van der Waals surface area contributed by atoms with Crippen LogP contribution in [0.15, 0.2) is 16.7 Å². The van der Waals surface area contributed by atoms with Gasteiger partial charge >= 0.3 is 5.97 Å². The zero-order chi connectivity index (χ0) is 20.3. The number of fused-ring (bicyclic) bond motifs is 1. The van der Waals surface area contributed by atoms with E-state index in [9.17, 15) is 14.7 Å². The lowest BCUT2D eigenvalue weighted by Crippen LogP contribution is -2.58. The summed E-state index contributed by atoms with van der Waals surface area (Å²) in [7, 11) is 1.34. The van der Waals surface area contributed by atoms with Crippen LogP contribution in [0, 0.1) is 11.8 Å². The molecule has 0 aromatic rings. The summed E-state index contributed by atoms with van der Waals surface area (Å²) in [4.78, 5) is 29.3. The number of ether oxygens (including phenoxy) is 1. The Hall–Kier alpha value is -2.18. The molecule has 0 aromatic heterocycles. The van der Waals surface area contributed by atoms with Gasteiger partial charge in [0.2, 0.25) is 0 Å². The van der Waals surface area contributed by atoms with Crippen LogP contribution in [0.25, 0.3) is 11.1 Å². The number of Topliss-reactive ketones (excluding diaryl/α,β-unsaturated/α-hetero) is 1. The normalized spacial score (nSPS) is 37.7. The summed E-state index contributed by atoms with van der Waals surface area (Å²) in [5.41, 5.74) is 1.42. The Balaban J connectivity index is 1.81. The quantitative estimate of drug-likeness (QED) is 0.748. The maximum absolute atomic E-state index is 13.9. The van der Waals surface area contributed by atoms with Gasteiger partial charge in [0.05, 0.1) is 18.9 Å². The highest BCUT2D eigenvalue weighted by Crippen LogP contribution is 2.61. The molecule has 0 aromatic carbocycles. The van der Waals surface area contributed by atoms with Crippen LogP contribution >= 0.6 is 0 Å². The number of hydrogen-bond donors (Lipinski definition) is 1. The standard InChI is InChI=1S/C23H25NO5/c1-11-9-24-10-12-4-5-14-16-13(6-7-29-14)17(21(26)28-3)18-19(16)22(12,2)15(24)8-23(11,27)20(18)25/h6-7,11-12,15,27H,4-5,8-10H2,1-3H3/t11-,12-,15-,22+,23+/m0/s1. The van der Waals surface area contributed by atoms with E-state index in [1.165, 1.54) is 7.11 Å². The average molecular weight is 395 g/mol. The molecule has 6 aliphatic rings. The molecule has 0 spiro atoms. The summed E-state index contributed by atoms with van der Waals surface area (Å²) in [6.45, 7) is 5.83. The van der Waals surface area contributed by atoms with Gasteiger partial charge in [-0.25, -0.2) is 4.79 Å². The molecule has 3 aliphatic carbocycles. The molecule has 1 N–H and O–H groups in total. The van der Waals surface area contributed by atoms with Gasteiger partial charge < -0.3 is 14.3 Å². The molecule has 5 atom stereocenters. The van der Waals surface area contributed by atoms with Crippen molar-refractivity contribution in [2.24, 2.45) is 11.8 Å². The van der Waals surface area contributed by atoms with Gasteiger partial charge in [-0.1, -0.05) is 13.8 Å². The molecule has 6 rings (SSSR count). The minimum atomic E-state index is -1.47. The van der Waals surface area contributed by atoms with Crippen molar-refractivity contribution in [1.82, 2.24) is 4.90 Å². The van der Waals surface area contributed by atoms with E-state index in [2.05, 4.69) is 11.8 Å². The van der Waals surface area contributed by atoms with Gasteiger partial charge in [-0.05, 0) is 24.0 Å². The molecule has 0 saturated carbocycles. The van der Waals surface area contributed by atoms with Crippen LogP contribution in [0.4, 0.5) is 0 Å². The Morgan fingerprint density at radius 3 is 2.90 bits per heavy atom. The lowest BCUT2D eigenvalue weighted by atomic mass is 9.66. The Morgan fingerprint density at radius 2 is 2.14 bits per heavy atom. The van der Waals surface area contributed by atoms with Gasteiger partial charge in [-0.3, -0.25) is 9.69 Å². The second-order valence-electron chi connectivity index (χ2n) is 9.60. The molecule has 2 bridgehead atoms. The zero-order valence-electron chi connectivity index (χ0n) is 16.9. The number of aryl methyl sites for hydroxylation is 1. The van der Waals surface area contributed by atoms with Crippen molar-refractivity contribution >= 4 is 11.8 Å². The third-order valence-electron chi connectivity index (χ3n) is 8.54. The van der Waals surface area contributed by atoms with Gasteiger partial charge in [0, 0.05) is 60.0 Å². The van der Waals surface area contributed by atoms with Crippen molar-refractivity contribution in [2.75, 3.05) is 20.2 Å². The van der Waals surface area contributed by atoms with E-state index in [1.807, 2.05) is 6.92 Å². The molecule has 6 nitrogen and oxygen atoms in total. The van der Waals surface area contributed by atoms with Crippen molar-refractivity contribution in [1.29, 1.82) is 0 Å². The SMILES string of the molecule is COC(=O)c1c2ccoc3c-2c2c1C(=O)[C@@]1(O)C[C@@H]4N(C[C@H](CC3)[C@@]24C)C[C@@H]1C. The predicted molar refractivity (Wildman–Crippen MR) is 104 cm³/mol. The minimum absolute atomic E-state index is 0.0705. The molecule has 152 valence electrons. The Morgan fingerprint density at radius 1 is 1.34 bits per heavy atom. The summed E-state index contributed by atoms with van der Waals surface area (Å²) in [6, 6.07) is 1.84. The maximum atomic E-state index is 13.9. The van der Waals surface area contributed by atoms with Crippen LogP contribution in [0.5, 0.6) is 0 Å². The molecule has 0 amide bonds. The number of esters is 1. The molecule has 3 aliphatic heterocycles. The highest BCUT2D eigenvalue weighted by molar-refractivity contribution is 6.18.